The molecule has 2 aromatic rings. The monoisotopic (exact) mass is 458 g/mol. The number of ether oxygens (including phenoxy) is 2. The van der Waals surface area contributed by atoms with E-state index < -0.39 is 28.6 Å². The van der Waals surface area contributed by atoms with Gasteiger partial charge in [-0.25, -0.2) is 4.79 Å². The number of para-hydroxylation sites is 1. The molecule has 10 nitrogen and oxygen atoms in total. The summed E-state index contributed by atoms with van der Waals surface area (Å²) in [4.78, 5) is 47.7. The first kappa shape index (κ1) is 22.8. The summed E-state index contributed by atoms with van der Waals surface area (Å²) in [6, 6.07) is 10.6. The summed E-state index contributed by atoms with van der Waals surface area (Å²) in [5.74, 6) is -1.18. The Bertz CT molecular complexity index is 1110. The van der Waals surface area contributed by atoms with Crippen LogP contribution < -0.4 is 9.47 Å². The molecule has 1 aliphatic rings. The number of benzene rings is 2. The number of carboxylic acid groups (broad SMARTS) is 1. The second-order valence-electron chi connectivity index (χ2n) is 6.48. The van der Waals surface area contributed by atoms with Crippen LogP contribution in [-0.2, 0) is 16.1 Å². The van der Waals surface area contributed by atoms with Gasteiger partial charge in [-0.1, -0.05) is 24.3 Å². The topological polar surface area (TPSA) is 136 Å². The lowest BCUT2D eigenvalue weighted by molar-refractivity contribution is -0.385. The lowest BCUT2D eigenvalue weighted by Gasteiger charge is -2.12. The molecule has 1 N–H and O–H groups in total. The van der Waals surface area contributed by atoms with E-state index in [2.05, 4.69) is 0 Å². The summed E-state index contributed by atoms with van der Waals surface area (Å²) in [6.07, 6.45) is 1.49. The van der Waals surface area contributed by atoms with Crippen molar-refractivity contribution in [3.05, 3.63) is 68.6 Å². The second kappa shape index (κ2) is 9.96. The minimum absolute atomic E-state index is 0.148. The van der Waals surface area contributed by atoms with Crippen molar-refractivity contribution < 1.29 is 33.9 Å². The summed E-state index contributed by atoms with van der Waals surface area (Å²) in [5, 5.41) is 19.5. The molecule has 1 saturated heterocycles. The summed E-state index contributed by atoms with van der Waals surface area (Å²) < 4.78 is 10.7. The van der Waals surface area contributed by atoms with Crippen molar-refractivity contribution >= 4 is 40.6 Å². The molecule has 0 unspecified atom stereocenters. The minimum atomic E-state index is -1.14. The van der Waals surface area contributed by atoms with Crippen LogP contribution in [0.3, 0.4) is 0 Å². The van der Waals surface area contributed by atoms with E-state index in [1.807, 2.05) is 0 Å². The molecule has 0 saturated carbocycles. The third kappa shape index (κ3) is 5.24. The second-order valence-corrected chi connectivity index (χ2v) is 7.47. The molecule has 1 aliphatic heterocycles. The third-order valence-electron chi connectivity index (χ3n) is 4.31. The van der Waals surface area contributed by atoms with E-state index in [9.17, 15) is 24.5 Å². The van der Waals surface area contributed by atoms with Crippen LogP contribution in [0.15, 0.2) is 47.4 Å². The predicted molar refractivity (Wildman–Crippen MR) is 115 cm³/mol. The number of hydrogen-bond donors (Lipinski definition) is 1. The summed E-state index contributed by atoms with van der Waals surface area (Å²) in [5.41, 5.74) is 0.612. The Balaban J connectivity index is 1.83. The Kier molecular flexibility index (Phi) is 7.11. The third-order valence-corrected chi connectivity index (χ3v) is 5.21. The van der Waals surface area contributed by atoms with Crippen molar-refractivity contribution in [3.8, 4) is 11.5 Å². The summed E-state index contributed by atoms with van der Waals surface area (Å²) >= 11 is 0.727. The van der Waals surface area contributed by atoms with Gasteiger partial charge in [0.2, 0.25) is 0 Å². The van der Waals surface area contributed by atoms with Gasteiger partial charge < -0.3 is 14.6 Å². The van der Waals surface area contributed by atoms with Crippen LogP contribution in [0.4, 0.5) is 10.5 Å². The zero-order chi connectivity index (χ0) is 23.3. The molecule has 0 bridgehead atoms. The highest BCUT2D eigenvalue weighted by molar-refractivity contribution is 8.18. The number of carboxylic acids is 1. The van der Waals surface area contributed by atoms with Crippen molar-refractivity contribution in [1.82, 2.24) is 4.90 Å². The van der Waals surface area contributed by atoms with Gasteiger partial charge in [-0.2, -0.15) is 0 Å². The molecule has 2 aromatic carbocycles. The summed E-state index contributed by atoms with van der Waals surface area (Å²) in [7, 11) is 0. The van der Waals surface area contributed by atoms with Gasteiger partial charge >= 0.3 is 5.97 Å². The first-order valence-electron chi connectivity index (χ1n) is 9.39. The maximum absolute atomic E-state index is 12.8. The lowest BCUT2D eigenvalue weighted by atomic mass is 10.1. The standard InChI is InChI=1S/C21H18N2O8S/c1-2-30-17-9-13(7-8-16(17)31-12-19(24)25)10-18-20(26)22(21(27)32-18)11-14-5-3-4-6-15(14)23(28)29/h3-10H,2,11-12H2,1H3,(H,24,25)/b18-10+. The maximum Gasteiger partial charge on any atom is 0.341 e. The van der Waals surface area contributed by atoms with E-state index in [4.69, 9.17) is 14.6 Å². The van der Waals surface area contributed by atoms with Crippen molar-refractivity contribution in [2.75, 3.05) is 13.2 Å². The summed E-state index contributed by atoms with van der Waals surface area (Å²) in [6.45, 7) is 1.30. The van der Waals surface area contributed by atoms with Crippen molar-refractivity contribution in [1.29, 1.82) is 0 Å². The number of nitro benzene ring substituents is 1. The van der Waals surface area contributed by atoms with Crippen LogP contribution in [0.25, 0.3) is 6.08 Å². The van der Waals surface area contributed by atoms with E-state index in [1.165, 1.54) is 30.3 Å². The van der Waals surface area contributed by atoms with E-state index in [0.717, 1.165) is 16.7 Å². The van der Waals surface area contributed by atoms with Gasteiger partial charge in [-0.3, -0.25) is 24.6 Å². The van der Waals surface area contributed by atoms with Crippen LogP contribution >= 0.6 is 11.8 Å². The fourth-order valence-electron chi connectivity index (χ4n) is 2.92. The van der Waals surface area contributed by atoms with E-state index in [1.54, 1.807) is 25.1 Å². The highest BCUT2D eigenvalue weighted by atomic mass is 32.2. The van der Waals surface area contributed by atoms with E-state index >= 15 is 0 Å². The number of amides is 2. The number of imide groups is 1. The fraction of sp³-hybridized carbons (Fsp3) is 0.190. The molecule has 11 heteroatoms. The molecule has 166 valence electrons. The van der Waals surface area contributed by atoms with Crippen LogP contribution in [-0.4, -0.2) is 45.3 Å². The predicted octanol–water partition coefficient (Wildman–Crippen LogP) is 3.69. The van der Waals surface area contributed by atoms with Gasteiger partial charge in [0.25, 0.3) is 16.8 Å². The van der Waals surface area contributed by atoms with Gasteiger partial charge in [-0.05, 0) is 42.5 Å². The number of nitro groups is 1. The molecule has 0 atom stereocenters. The molecule has 0 spiro atoms. The van der Waals surface area contributed by atoms with E-state index in [-0.39, 0.29) is 28.5 Å². The molecule has 0 aromatic heterocycles. The van der Waals surface area contributed by atoms with Gasteiger partial charge in [-0.15, -0.1) is 0 Å². The van der Waals surface area contributed by atoms with E-state index in [0.29, 0.717) is 17.9 Å². The first-order valence-corrected chi connectivity index (χ1v) is 10.2. The molecule has 1 heterocycles. The number of rotatable bonds is 9. The maximum atomic E-state index is 12.8. The highest BCUT2D eigenvalue weighted by Crippen LogP contribution is 2.36. The highest BCUT2D eigenvalue weighted by Gasteiger charge is 2.36. The molecule has 2 amide bonds. The Labute approximate surface area is 186 Å². The van der Waals surface area contributed by atoms with Crippen molar-refractivity contribution in [2.24, 2.45) is 0 Å². The number of carbonyl (C=O) groups is 3. The number of nitrogens with zero attached hydrogens (tertiary/aromatic N) is 2. The average molecular weight is 458 g/mol. The van der Waals surface area contributed by atoms with Gasteiger partial charge in [0.15, 0.2) is 18.1 Å². The Hall–Kier alpha value is -3.86. The molecular weight excluding hydrogens is 440 g/mol. The minimum Gasteiger partial charge on any atom is -0.490 e. The SMILES string of the molecule is CCOc1cc(/C=C2/SC(=O)N(Cc3ccccc3[N+](=O)[O-])C2=O)ccc1OCC(=O)O. The number of carbonyl (C=O) groups excluding carboxylic acids is 2. The Morgan fingerprint density at radius 2 is 1.94 bits per heavy atom. The zero-order valence-corrected chi connectivity index (χ0v) is 17.7. The zero-order valence-electron chi connectivity index (χ0n) is 16.8. The van der Waals surface area contributed by atoms with Gasteiger partial charge in [0, 0.05) is 11.6 Å². The largest absolute Gasteiger partial charge is 0.490 e. The van der Waals surface area contributed by atoms with Gasteiger partial charge in [0.1, 0.15) is 0 Å². The molecule has 0 radical (unpaired) electrons. The molecule has 32 heavy (non-hydrogen) atoms. The molecule has 3 rings (SSSR count). The van der Waals surface area contributed by atoms with Crippen molar-refractivity contribution in [3.63, 3.8) is 0 Å². The Morgan fingerprint density at radius 3 is 2.62 bits per heavy atom. The van der Waals surface area contributed by atoms with Crippen LogP contribution in [0.2, 0.25) is 0 Å². The number of aliphatic carboxylic acids is 1. The normalized spacial score (nSPS) is 14.7. The van der Waals surface area contributed by atoms with Crippen LogP contribution in [0.1, 0.15) is 18.1 Å². The Morgan fingerprint density at radius 1 is 1.19 bits per heavy atom. The number of hydrogen-bond acceptors (Lipinski definition) is 8. The quantitative estimate of drug-likeness (QED) is 0.339. The lowest BCUT2D eigenvalue weighted by Crippen LogP contribution is -2.27. The number of thioether (sulfide) groups is 1. The molecule has 1 fully saturated rings. The fourth-order valence-corrected chi connectivity index (χ4v) is 3.76. The molecule has 0 aliphatic carbocycles. The molecular formula is C21H18N2O8S. The van der Waals surface area contributed by atoms with Gasteiger partial charge in [0.05, 0.1) is 23.0 Å². The van der Waals surface area contributed by atoms with Crippen molar-refractivity contribution in [2.45, 2.75) is 13.5 Å². The van der Waals surface area contributed by atoms with Crippen LogP contribution in [0.5, 0.6) is 11.5 Å². The van der Waals surface area contributed by atoms with Crippen LogP contribution in [0, 0.1) is 10.1 Å². The average Bonchev–Trinajstić information content (AvgIpc) is 3.01. The first-order chi connectivity index (χ1) is 15.3. The smallest absolute Gasteiger partial charge is 0.341 e.